The second kappa shape index (κ2) is 5.98. The number of carbonyl (C=O) groups excluding carboxylic acids is 4. The van der Waals surface area contributed by atoms with Gasteiger partial charge in [-0.05, 0) is 38.0 Å². The molecule has 2 fully saturated rings. The first kappa shape index (κ1) is 16.3. The zero-order valence-electron chi connectivity index (χ0n) is 12.9. The van der Waals surface area contributed by atoms with Gasteiger partial charge in [-0.2, -0.15) is 0 Å². The number of nitrogens with zero attached hydrogens (tertiary/aromatic N) is 2. The lowest BCUT2D eigenvalue weighted by atomic mass is 9.63. The molecule has 7 nitrogen and oxygen atoms in total. The maximum atomic E-state index is 12.8. The molecule has 0 aromatic heterocycles. The first-order valence-corrected chi connectivity index (χ1v) is 7.46. The number of hydrogen-bond acceptors (Lipinski definition) is 5. The molecular formula is C15H21N3O4. The van der Waals surface area contributed by atoms with Crippen molar-refractivity contribution in [1.82, 2.24) is 9.80 Å². The van der Waals surface area contributed by atoms with Gasteiger partial charge in [-0.1, -0.05) is 0 Å². The van der Waals surface area contributed by atoms with E-state index >= 15 is 0 Å². The van der Waals surface area contributed by atoms with Crippen LogP contribution in [0.1, 0.15) is 38.5 Å². The lowest BCUT2D eigenvalue weighted by molar-refractivity contribution is -0.162. The fourth-order valence-corrected chi connectivity index (χ4v) is 3.63. The molecule has 7 heteroatoms. The lowest BCUT2D eigenvalue weighted by Gasteiger charge is -2.46. The van der Waals surface area contributed by atoms with Gasteiger partial charge < -0.3 is 10.2 Å². The van der Waals surface area contributed by atoms with Crippen molar-refractivity contribution in [3.63, 3.8) is 0 Å². The van der Waals surface area contributed by atoms with E-state index in [4.69, 9.17) is 5.41 Å². The molecule has 22 heavy (non-hydrogen) atoms. The highest BCUT2D eigenvalue weighted by molar-refractivity contribution is 6.19. The van der Waals surface area contributed by atoms with Crippen molar-refractivity contribution in [3.05, 3.63) is 0 Å². The lowest BCUT2D eigenvalue weighted by Crippen LogP contribution is -2.65. The zero-order chi connectivity index (χ0) is 16.5. The van der Waals surface area contributed by atoms with Crippen LogP contribution in [0.25, 0.3) is 0 Å². The Bertz CT molecular complexity index is 519. The van der Waals surface area contributed by atoms with Gasteiger partial charge in [0.05, 0.1) is 0 Å². The van der Waals surface area contributed by atoms with Gasteiger partial charge in [-0.15, -0.1) is 0 Å². The Morgan fingerprint density at radius 1 is 1.23 bits per heavy atom. The second-order valence-corrected chi connectivity index (χ2v) is 6.08. The smallest absolute Gasteiger partial charge is 0.310 e. The average Bonchev–Trinajstić information content (AvgIpc) is 2.51. The van der Waals surface area contributed by atoms with Crippen LogP contribution in [-0.2, 0) is 14.4 Å². The van der Waals surface area contributed by atoms with Crippen molar-refractivity contribution in [2.45, 2.75) is 38.5 Å². The topological polar surface area (TPSA) is 98.6 Å². The van der Waals surface area contributed by atoms with E-state index in [1.165, 1.54) is 14.1 Å². The Labute approximate surface area is 129 Å². The summed E-state index contributed by atoms with van der Waals surface area (Å²) in [5.41, 5.74) is -0.880. The van der Waals surface area contributed by atoms with Crippen LogP contribution < -0.4 is 0 Å². The highest BCUT2D eigenvalue weighted by Gasteiger charge is 2.59. The Balaban J connectivity index is 2.48. The normalized spacial score (nSPS) is 25.6. The highest BCUT2D eigenvalue weighted by Crippen LogP contribution is 2.45. The molecule has 2 aliphatic rings. The molecule has 1 saturated carbocycles. The van der Waals surface area contributed by atoms with Gasteiger partial charge in [0.2, 0.25) is 11.8 Å². The van der Waals surface area contributed by atoms with Gasteiger partial charge >= 0.3 is 6.03 Å². The number of carbonyl (C=O) groups is 4. The first-order chi connectivity index (χ1) is 10.4. The minimum atomic E-state index is -1.40. The number of nitrogens with one attached hydrogen (secondary N) is 1. The van der Waals surface area contributed by atoms with Crippen LogP contribution in [0.3, 0.4) is 0 Å². The molecule has 0 radical (unpaired) electrons. The molecule has 2 rings (SSSR count). The summed E-state index contributed by atoms with van der Waals surface area (Å²) in [7, 11) is 2.72. The van der Waals surface area contributed by atoms with Gasteiger partial charge in [0.25, 0.3) is 0 Å². The molecule has 1 aliphatic carbocycles. The molecule has 0 bridgehead atoms. The van der Waals surface area contributed by atoms with Crippen LogP contribution >= 0.6 is 0 Å². The molecule has 0 aromatic rings. The molecule has 1 saturated heterocycles. The third-order valence-corrected chi connectivity index (χ3v) is 4.82. The van der Waals surface area contributed by atoms with Crippen LogP contribution in [0.15, 0.2) is 0 Å². The van der Waals surface area contributed by atoms with Gasteiger partial charge in [-0.3, -0.25) is 19.4 Å². The van der Waals surface area contributed by atoms with E-state index in [2.05, 4.69) is 0 Å². The largest absolute Gasteiger partial charge is 0.332 e. The molecule has 1 aliphatic heterocycles. The Kier molecular flexibility index (Phi) is 4.44. The van der Waals surface area contributed by atoms with E-state index < -0.39 is 23.3 Å². The molecular weight excluding hydrogens is 286 g/mol. The molecule has 1 atom stereocenters. The van der Waals surface area contributed by atoms with Crippen LogP contribution in [-0.4, -0.2) is 53.7 Å². The monoisotopic (exact) mass is 307 g/mol. The van der Waals surface area contributed by atoms with Crippen LogP contribution in [0.5, 0.6) is 0 Å². The van der Waals surface area contributed by atoms with E-state index in [0.717, 1.165) is 16.2 Å². The Hall–Kier alpha value is -2.05. The molecule has 120 valence electrons. The quantitative estimate of drug-likeness (QED) is 0.623. The standard InChI is InChI=1S/C15H21N3O4/c1-17-12(20)15(7-4-8-19,13(21)18(2)14(17)22)10-5-3-6-11(16)9-10/h8,10,16H,3-7,9H2,1-2H3. The van der Waals surface area contributed by atoms with E-state index in [-0.39, 0.29) is 18.8 Å². The van der Waals surface area contributed by atoms with E-state index in [1.54, 1.807) is 0 Å². The van der Waals surface area contributed by atoms with E-state index in [9.17, 15) is 19.2 Å². The molecule has 0 aromatic carbocycles. The summed E-state index contributed by atoms with van der Waals surface area (Å²) < 4.78 is 0. The van der Waals surface area contributed by atoms with E-state index in [1.807, 2.05) is 0 Å². The van der Waals surface area contributed by atoms with Crippen molar-refractivity contribution in [2.24, 2.45) is 11.3 Å². The highest BCUT2D eigenvalue weighted by atomic mass is 16.2. The maximum absolute atomic E-state index is 12.8. The number of amides is 4. The van der Waals surface area contributed by atoms with E-state index in [0.29, 0.717) is 31.3 Å². The van der Waals surface area contributed by atoms with Crippen LogP contribution in [0.4, 0.5) is 4.79 Å². The maximum Gasteiger partial charge on any atom is 0.332 e. The fraction of sp³-hybridized carbons (Fsp3) is 0.667. The average molecular weight is 307 g/mol. The summed E-state index contributed by atoms with van der Waals surface area (Å²) in [4.78, 5) is 50.3. The third kappa shape index (κ3) is 2.34. The van der Waals surface area contributed by atoms with Gasteiger partial charge in [0, 0.05) is 26.2 Å². The number of aldehydes is 1. The summed E-state index contributed by atoms with van der Waals surface area (Å²) in [6, 6.07) is -0.650. The van der Waals surface area contributed by atoms with Crippen molar-refractivity contribution in [1.29, 1.82) is 5.41 Å². The van der Waals surface area contributed by atoms with Gasteiger partial charge in [0.1, 0.15) is 11.7 Å². The molecule has 0 spiro atoms. The van der Waals surface area contributed by atoms with Crippen LogP contribution in [0.2, 0.25) is 0 Å². The second-order valence-electron chi connectivity index (χ2n) is 6.08. The Morgan fingerprint density at radius 2 is 1.82 bits per heavy atom. The van der Waals surface area contributed by atoms with Gasteiger partial charge in [-0.25, -0.2) is 4.79 Å². The summed E-state index contributed by atoms with van der Waals surface area (Å²) in [5.74, 6) is -1.41. The fourth-order valence-electron chi connectivity index (χ4n) is 3.63. The number of rotatable bonds is 4. The van der Waals surface area contributed by atoms with Crippen LogP contribution in [0, 0.1) is 16.7 Å². The summed E-state index contributed by atoms with van der Waals surface area (Å²) >= 11 is 0. The van der Waals surface area contributed by atoms with Crippen molar-refractivity contribution in [2.75, 3.05) is 14.1 Å². The number of imide groups is 2. The number of hydrogen-bond donors (Lipinski definition) is 1. The third-order valence-electron chi connectivity index (χ3n) is 4.82. The minimum absolute atomic E-state index is 0.0805. The molecule has 1 N–H and O–H groups in total. The van der Waals surface area contributed by atoms with Crippen molar-refractivity contribution < 1.29 is 19.2 Å². The summed E-state index contributed by atoms with van der Waals surface area (Å²) in [6.07, 6.45) is 3.29. The zero-order valence-corrected chi connectivity index (χ0v) is 12.9. The summed E-state index contributed by atoms with van der Waals surface area (Å²) in [5, 5.41) is 7.89. The predicted molar refractivity (Wildman–Crippen MR) is 78.4 cm³/mol. The Morgan fingerprint density at radius 3 is 2.32 bits per heavy atom. The minimum Gasteiger partial charge on any atom is -0.310 e. The molecule has 4 amide bonds. The van der Waals surface area contributed by atoms with Crippen molar-refractivity contribution in [3.8, 4) is 0 Å². The summed E-state index contributed by atoms with van der Waals surface area (Å²) in [6.45, 7) is 0. The number of urea groups is 1. The number of barbiturate groups is 1. The predicted octanol–water partition coefficient (Wildman–Crippen LogP) is 1.21. The van der Waals surface area contributed by atoms with Crippen molar-refractivity contribution >= 4 is 29.8 Å². The SMILES string of the molecule is CN1C(=O)N(C)C(=O)C(CCC=O)(C2CCCC(=N)C2)C1=O. The molecule has 1 unspecified atom stereocenters. The van der Waals surface area contributed by atoms with Gasteiger partial charge in [0.15, 0.2) is 0 Å². The first-order valence-electron chi connectivity index (χ1n) is 7.46. The molecule has 1 heterocycles.